The van der Waals surface area contributed by atoms with E-state index in [1.165, 1.54) is 5.69 Å². The molecular weight excluding hydrogens is 428 g/mol. The van der Waals surface area contributed by atoms with Gasteiger partial charge in [-0.05, 0) is 55.4 Å². The molecule has 6 rings (SSSR count). The normalized spacial score (nSPS) is 16.1. The number of benzene rings is 2. The number of nitrogens with one attached hydrogen (secondary N) is 2. The average Bonchev–Trinajstić information content (AvgIpc) is 3.48. The number of aromatic nitrogens is 3. The number of hydrogen-bond donors (Lipinski definition) is 2. The summed E-state index contributed by atoms with van der Waals surface area (Å²) in [5.41, 5.74) is 4.47. The van der Waals surface area contributed by atoms with Gasteiger partial charge in [-0.25, -0.2) is 0 Å². The summed E-state index contributed by atoms with van der Waals surface area (Å²) >= 11 is 0. The van der Waals surface area contributed by atoms with Crippen molar-refractivity contribution in [3.8, 4) is 11.6 Å². The predicted molar refractivity (Wildman–Crippen MR) is 132 cm³/mol. The number of nitrogens with zero attached hydrogens (tertiary/aromatic N) is 4. The summed E-state index contributed by atoms with van der Waals surface area (Å²) in [6, 6.07) is 15.9. The number of aromatic amines is 1. The number of hydrogen-bond acceptors (Lipinski definition) is 7. The Balaban J connectivity index is 1.26. The van der Waals surface area contributed by atoms with Gasteiger partial charge in [0.25, 0.3) is 0 Å². The molecule has 0 bridgehead atoms. The summed E-state index contributed by atoms with van der Waals surface area (Å²) in [7, 11) is 2.16. The fourth-order valence-corrected chi connectivity index (χ4v) is 4.66. The van der Waals surface area contributed by atoms with Crippen LogP contribution in [0.25, 0.3) is 11.0 Å². The lowest BCUT2D eigenvalue weighted by atomic mass is 10.1. The molecule has 0 spiro atoms. The van der Waals surface area contributed by atoms with E-state index in [-0.39, 0.29) is 5.78 Å². The largest absolute Gasteiger partial charge is 0.437 e. The Bertz CT molecular complexity index is 1360. The number of H-pyrrole nitrogens is 1. The van der Waals surface area contributed by atoms with Gasteiger partial charge in [0.2, 0.25) is 11.8 Å². The highest BCUT2D eigenvalue weighted by Crippen LogP contribution is 2.35. The maximum atomic E-state index is 12.4. The van der Waals surface area contributed by atoms with Gasteiger partial charge in [-0.3, -0.25) is 4.79 Å². The van der Waals surface area contributed by atoms with Crippen LogP contribution in [0, 0.1) is 0 Å². The average molecular weight is 455 g/mol. The van der Waals surface area contributed by atoms with Gasteiger partial charge in [0.1, 0.15) is 11.4 Å². The molecule has 3 heterocycles. The number of Topliss-reactive ketones (excluding diaryl/α,β-unsaturated/α-hetero) is 1. The van der Waals surface area contributed by atoms with Crippen LogP contribution in [0.15, 0.2) is 54.7 Å². The number of likely N-dealkylation sites (N-methyl/N-ethyl adjacent to an activating group) is 1. The first-order valence-corrected chi connectivity index (χ1v) is 11.6. The van der Waals surface area contributed by atoms with Gasteiger partial charge in [0.15, 0.2) is 5.78 Å². The number of ether oxygens (including phenoxy) is 1. The third-order valence-corrected chi connectivity index (χ3v) is 6.59. The molecule has 8 nitrogen and oxygen atoms in total. The van der Waals surface area contributed by atoms with E-state index in [1.54, 1.807) is 6.20 Å². The summed E-state index contributed by atoms with van der Waals surface area (Å²) in [5.74, 6) is 1.50. The van der Waals surface area contributed by atoms with Gasteiger partial charge < -0.3 is 24.8 Å². The molecule has 0 amide bonds. The minimum Gasteiger partial charge on any atom is -0.437 e. The van der Waals surface area contributed by atoms with E-state index in [0.717, 1.165) is 49.2 Å². The van der Waals surface area contributed by atoms with E-state index in [9.17, 15) is 4.79 Å². The predicted octanol–water partition coefficient (Wildman–Crippen LogP) is 4.37. The number of rotatable bonds is 5. The Hall–Kier alpha value is -3.91. The second-order valence-electron chi connectivity index (χ2n) is 8.87. The molecule has 1 aliphatic heterocycles. The van der Waals surface area contributed by atoms with E-state index in [4.69, 9.17) is 4.74 Å². The molecule has 0 unspecified atom stereocenters. The van der Waals surface area contributed by atoms with E-state index < -0.39 is 0 Å². The number of carbonyl (C=O) groups excluding carboxylic acids is 1. The highest BCUT2D eigenvalue weighted by molar-refractivity contribution is 6.03. The molecule has 2 aromatic heterocycles. The van der Waals surface area contributed by atoms with E-state index in [0.29, 0.717) is 35.2 Å². The fraction of sp³-hybridized carbons (Fsp3) is 0.269. The summed E-state index contributed by atoms with van der Waals surface area (Å²) in [6.45, 7) is 4.20. The zero-order valence-corrected chi connectivity index (χ0v) is 19.0. The van der Waals surface area contributed by atoms with Crippen molar-refractivity contribution in [3.63, 3.8) is 0 Å². The van der Waals surface area contributed by atoms with Crippen molar-refractivity contribution in [1.29, 1.82) is 0 Å². The molecule has 1 aliphatic carbocycles. The summed E-state index contributed by atoms with van der Waals surface area (Å²) < 4.78 is 6.21. The van der Waals surface area contributed by atoms with Crippen molar-refractivity contribution in [1.82, 2.24) is 19.9 Å². The van der Waals surface area contributed by atoms with Gasteiger partial charge in [0.05, 0.1) is 10.9 Å². The number of anilines is 3. The smallest absolute Gasteiger partial charge is 0.233 e. The minimum absolute atomic E-state index is 0.115. The van der Waals surface area contributed by atoms with Crippen molar-refractivity contribution < 1.29 is 9.53 Å². The topological polar surface area (TPSA) is 86.4 Å². The number of aryl methyl sites for hydroxylation is 1. The zero-order valence-electron chi connectivity index (χ0n) is 19.0. The van der Waals surface area contributed by atoms with Crippen LogP contribution < -0.4 is 15.0 Å². The third kappa shape index (κ3) is 3.86. The highest BCUT2D eigenvalue weighted by atomic mass is 16.5. The molecule has 2 aliphatic rings. The Morgan fingerprint density at radius 3 is 2.62 bits per heavy atom. The molecular formula is C26H26N6O2. The molecule has 1 fully saturated rings. The molecule has 2 aromatic carbocycles. The molecule has 2 N–H and O–H groups in total. The van der Waals surface area contributed by atoms with Crippen molar-refractivity contribution in [3.05, 3.63) is 65.9 Å². The van der Waals surface area contributed by atoms with Crippen LogP contribution in [0.3, 0.4) is 0 Å². The first-order chi connectivity index (χ1) is 16.6. The standard InChI is InChI=1S/C26H26N6O2/c1-31-13-15-32(16-14-31)19-8-6-18(7-9-19)28-26-29-24-20(11-12-27-24)25(30-26)34-22-4-2-3-17-5-10-21(33)23(17)22/h2-4,6-9,11-12H,5,10,13-16H2,1H3,(H2,27,28,29,30). The van der Waals surface area contributed by atoms with Gasteiger partial charge in [-0.1, -0.05) is 12.1 Å². The Morgan fingerprint density at radius 2 is 1.79 bits per heavy atom. The van der Waals surface area contributed by atoms with Gasteiger partial charge >= 0.3 is 0 Å². The Labute approximate surface area is 197 Å². The number of carbonyl (C=O) groups is 1. The second kappa shape index (κ2) is 8.46. The summed E-state index contributed by atoms with van der Waals surface area (Å²) in [5, 5.41) is 4.06. The first kappa shape index (κ1) is 20.7. The van der Waals surface area contributed by atoms with Crippen molar-refractivity contribution in [2.45, 2.75) is 12.8 Å². The first-order valence-electron chi connectivity index (χ1n) is 11.6. The van der Waals surface area contributed by atoms with Crippen LogP contribution in [0.4, 0.5) is 17.3 Å². The number of ketones is 1. The molecule has 172 valence electrons. The molecule has 0 atom stereocenters. The molecule has 8 heteroatoms. The van der Waals surface area contributed by atoms with Crippen molar-refractivity contribution >= 4 is 34.1 Å². The molecule has 0 radical (unpaired) electrons. The Morgan fingerprint density at radius 1 is 0.971 bits per heavy atom. The fourth-order valence-electron chi connectivity index (χ4n) is 4.66. The monoisotopic (exact) mass is 454 g/mol. The maximum Gasteiger partial charge on any atom is 0.233 e. The third-order valence-electron chi connectivity index (χ3n) is 6.59. The van der Waals surface area contributed by atoms with Crippen LogP contribution in [-0.4, -0.2) is 58.9 Å². The van der Waals surface area contributed by atoms with Crippen LogP contribution in [0.2, 0.25) is 0 Å². The molecule has 4 aromatic rings. The van der Waals surface area contributed by atoms with Gasteiger partial charge in [-0.2, -0.15) is 9.97 Å². The van der Waals surface area contributed by atoms with Crippen LogP contribution in [-0.2, 0) is 6.42 Å². The van der Waals surface area contributed by atoms with E-state index in [2.05, 4.69) is 49.2 Å². The molecule has 1 saturated heterocycles. The quantitative estimate of drug-likeness (QED) is 0.463. The van der Waals surface area contributed by atoms with Gasteiger partial charge in [0, 0.05) is 50.2 Å². The maximum absolute atomic E-state index is 12.4. The minimum atomic E-state index is 0.115. The summed E-state index contributed by atoms with van der Waals surface area (Å²) in [6.07, 6.45) is 3.09. The molecule has 0 saturated carbocycles. The number of fused-ring (bicyclic) bond motifs is 2. The van der Waals surface area contributed by atoms with Crippen molar-refractivity contribution in [2.75, 3.05) is 43.4 Å². The van der Waals surface area contributed by atoms with E-state index in [1.807, 2.05) is 36.4 Å². The second-order valence-corrected chi connectivity index (χ2v) is 8.87. The van der Waals surface area contributed by atoms with Crippen LogP contribution in [0.5, 0.6) is 11.6 Å². The zero-order chi connectivity index (χ0) is 23.1. The molecule has 34 heavy (non-hydrogen) atoms. The van der Waals surface area contributed by atoms with Gasteiger partial charge in [-0.15, -0.1) is 0 Å². The van der Waals surface area contributed by atoms with Crippen molar-refractivity contribution in [2.24, 2.45) is 0 Å². The Kier molecular flexibility index (Phi) is 5.15. The van der Waals surface area contributed by atoms with Crippen LogP contribution >= 0.6 is 0 Å². The lowest BCUT2D eigenvalue weighted by Gasteiger charge is -2.34. The lowest BCUT2D eigenvalue weighted by molar-refractivity contribution is 0.0992. The highest BCUT2D eigenvalue weighted by Gasteiger charge is 2.25. The lowest BCUT2D eigenvalue weighted by Crippen LogP contribution is -2.44. The number of piperazine rings is 1. The van der Waals surface area contributed by atoms with E-state index >= 15 is 0 Å². The SMILES string of the molecule is CN1CCN(c2ccc(Nc3nc(Oc4cccc5c4C(=O)CC5)c4cc[nH]c4n3)cc2)CC1. The summed E-state index contributed by atoms with van der Waals surface area (Å²) in [4.78, 5) is 29.5. The van der Waals surface area contributed by atoms with Crippen LogP contribution in [0.1, 0.15) is 22.3 Å².